The number of amidine groups is 1. The minimum Gasteiger partial charge on any atom is -0.446 e. The SMILES string of the molecule is Cn1nc(COC2CCOC2)c2c1C(=NC1=NNC([C@H]3CC[C@@H](OC(=O)NCc4cccnc4)C3)C1)CCN2. The first-order valence-corrected chi connectivity index (χ1v) is 13.8. The average molecular weight is 537 g/mol. The zero-order valence-corrected chi connectivity index (χ0v) is 22.3. The van der Waals surface area contributed by atoms with Gasteiger partial charge in [0.25, 0.3) is 0 Å². The Balaban J connectivity index is 1.01. The highest BCUT2D eigenvalue weighted by molar-refractivity contribution is 6.11. The van der Waals surface area contributed by atoms with Crippen LogP contribution in [0, 0.1) is 5.92 Å². The third-order valence-electron chi connectivity index (χ3n) is 7.85. The lowest BCUT2D eigenvalue weighted by molar-refractivity contribution is 0.0302. The number of nitrogens with zero attached hydrogens (tertiary/aromatic N) is 5. The third-order valence-corrected chi connectivity index (χ3v) is 7.85. The molecule has 2 aromatic heterocycles. The van der Waals surface area contributed by atoms with Gasteiger partial charge in [0.1, 0.15) is 17.5 Å². The van der Waals surface area contributed by atoms with Crippen LogP contribution < -0.4 is 16.1 Å². The smallest absolute Gasteiger partial charge is 0.407 e. The number of carbonyl (C=O) groups is 1. The maximum absolute atomic E-state index is 12.3. The molecule has 5 heterocycles. The van der Waals surface area contributed by atoms with Crippen LogP contribution in [0.3, 0.4) is 0 Å². The molecule has 1 amide bonds. The van der Waals surface area contributed by atoms with Crippen molar-refractivity contribution in [3.63, 3.8) is 0 Å². The number of nitrogens with one attached hydrogen (secondary N) is 3. The second-order valence-electron chi connectivity index (χ2n) is 10.6. The molecular formula is C27H36N8O4. The summed E-state index contributed by atoms with van der Waals surface area (Å²) in [6.45, 7) is 3.06. The van der Waals surface area contributed by atoms with Crippen molar-refractivity contribution >= 4 is 23.3 Å². The minimum atomic E-state index is -0.383. The summed E-state index contributed by atoms with van der Waals surface area (Å²) in [4.78, 5) is 21.3. The molecule has 6 rings (SSSR count). The van der Waals surface area contributed by atoms with Crippen LogP contribution in [0.25, 0.3) is 0 Å². The van der Waals surface area contributed by atoms with Gasteiger partial charge in [0, 0.05) is 52.0 Å². The van der Waals surface area contributed by atoms with E-state index in [2.05, 4.69) is 26.1 Å². The molecule has 4 atom stereocenters. The molecule has 39 heavy (non-hydrogen) atoms. The fourth-order valence-corrected chi connectivity index (χ4v) is 5.83. The summed E-state index contributed by atoms with van der Waals surface area (Å²) in [6.07, 6.45) is 8.27. The summed E-state index contributed by atoms with van der Waals surface area (Å²) < 4.78 is 19.0. The van der Waals surface area contributed by atoms with Crippen molar-refractivity contribution in [1.82, 2.24) is 25.5 Å². The van der Waals surface area contributed by atoms with Crippen molar-refractivity contribution in [2.45, 2.75) is 69.9 Å². The van der Waals surface area contributed by atoms with E-state index < -0.39 is 0 Å². The molecule has 0 spiro atoms. The van der Waals surface area contributed by atoms with Crippen LogP contribution in [0.1, 0.15) is 55.5 Å². The van der Waals surface area contributed by atoms with Crippen molar-refractivity contribution in [3.8, 4) is 0 Å². The zero-order chi connectivity index (χ0) is 26.6. The van der Waals surface area contributed by atoms with E-state index in [0.717, 1.165) is 85.9 Å². The maximum atomic E-state index is 12.3. The van der Waals surface area contributed by atoms with Gasteiger partial charge in [-0.1, -0.05) is 6.07 Å². The molecule has 12 heteroatoms. The highest BCUT2D eigenvalue weighted by Gasteiger charge is 2.36. The van der Waals surface area contributed by atoms with Gasteiger partial charge in [-0.25, -0.2) is 9.79 Å². The number of aliphatic imine (C=N–C) groups is 1. The predicted molar refractivity (Wildman–Crippen MR) is 145 cm³/mol. The number of rotatable bonds is 7. The predicted octanol–water partition coefficient (Wildman–Crippen LogP) is 2.50. The van der Waals surface area contributed by atoms with Gasteiger partial charge in [-0.2, -0.15) is 10.2 Å². The van der Waals surface area contributed by atoms with Gasteiger partial charge in [0.2, 0.25) is 0 Å². The highest BCUT2D eigenvalue weighted by atomic mass is 16.6. The van der Waals surface area contributed by atoms with Crippen molar-refractivity contribution in [3.05, 3.63) is 41.5 Å². The summed E-state index contributed by atoms with van der Waals surface area (Å²) in [6, 6.07) is 3.97. The number of aromatic nitrogens is 3. The standard InChI is InChI=1S/C27H36N8O4/c1-35-26-21(6-9-29-25(26)23(34-35)16-38-20-7-10-37-15-20)31-24-12-22(32-33-24)18-4-5-19(11-18)39-27(36)30-14-17-3-2-8-28-13-17/h2-3,8,13,18-20,22,29,32H,4-7,9-12,14-16H2,1H3,(H,30,36)/t18-,19+,20?,22?/m0/s1. The van der Waals surface area contributed by atoms with Crippen LogP contribution >= 0.6 is 0 Å². The number of ether oxygens (including phenoxy) is 3. The molecule has 3 aliphatic heterocycles. The maximum Gasteiger partial charge on any atom is 0.407 e. The van der Waals surface area contributed by atoms with E-state index in [-0.39, 0.29) is 24.3 Å². The Morgan fingerprint density at radius 3 is 3.10 bits per heavy atom. The second-order valence-corrected chi connectivity index (χ2v) is 10.6. The normalized spacial score (nSPS) is 27.1. The molecule has 2 aromatic rings. The van der Waals surface area contributed by atoms with Crippen LogP contribution in [-0.4, -0.2) is 70.4 Å². The summed E-state index contributed by atoms with van der Waals surface area (Å²) in [5.41, 5.74) is 8.14. The molecule has 0 radical (unpaired) electrons. The molecule has 2 unspecified atom stereocenters. The number of carbonyl (C=O) groups excluding carboxylic acids is 1. The summed E-state index contributed by atoms with van der Waals surface area (Å²) in [5.74, 6) is 1.19. The first kappa shape index (κ1) is 25.8. The van der Waals surface area contributed by atoms with E-state index in [0.29, 0.717) is 25.7 Å². The zero-order valence-electron chi connectivity index (χ0n) is 22.3. The van der Waals surface area contributed by atoms with Gasteiger partial charge in [-0.15, -0.1) is 0 Å². The molecule has 1 aliphatic carbocycles. The molecule has 1 saturated carbocycles. The van der Waals surface area contributed by atoms with Crippen molar-refractivity contribution in [2.24, 2.45) is 23.1 Å². The fraction of sp³-hybridized carbons (Fsp3) is 0.593. The number of pyridine rings is 1. The highest BCUT2D eigenvalue weighted by Crippen LogP contribution is 2.34. The topological polar surface area (TPSA) is 136 Å². The molecule has 1 saturated heterocycles. The number of alkyl carbamates (subject to hydrolysis) is 1. The number of anilines is 1. The Hall–Kier alpha value is -3.51. The largest absolute Gasteiger partial charge is 0.446 e. The summed E-state index contributed by atoms with van der Waals surface area (Å²) in [5, 5.41) is 15.6. The van der Waals surface area contributed by atoms with Crippen molar-refractivity contribution < 1.29 is 19.0 Å². The molecule has 3 N–H and O–H groups in total. The molecule has 4 aliphatic rings. The monoisotopic (exact) mass is 536 g/mol. The Morgan fingerprint density at radius 2 is 2.26 bits per heavy atom. The van der Waals surface area contributed by atoms with E-state index in [4.69, 9.17) is 24.3 Å². The van der Waals surface area contributed by atoms with Gasteiger partial charge in [0.15, 0.2) is 5.84 Å². The van der Waals surface area contributed by atoms with E-state index >= 15 is 0 Å². The molecule has 208 valence electrons. The van der Waals surface area contributed by atoms with Gasteiger partial charge < -0.3 is 30.3 Å². The molecule has 0 bridgehead atoms. The number of fused-ring (bicyclic) bond motifs is 1. The van der Waals surface area contributed by atoms with Gasteiger partial charge >= 0.3 is 6.09 Å². The van der Waals surface area contributed by atoms with Crippen LogP contribution in [0.5, 0.6) is 0 Å². The Labute approximate surface area is 227 Å². The summed E-state index contributed by atoms with van der Waals surface area (Å²) >= 11 is 0. The van der Waals surface area contributed by atoms with Gasteiger partial charge in [-0.3, -0.25) is 9.67 Å². The van der Waals surface area contributed by atoms with Crippen LogP contribution in [0.2, 0.25) is 0 Å². The molecule has 12 nitrogen and oxygen atoms in total. The van der Waals surface area contributed by atoms with E-state index in [1.165, 1.54) is 0 Å². The lowest BCUT2D eigenvalue weighted by Gasteiger charge is -2.19. The lowest BCUT2D eigenvalue weighted by Crippen LogP contribution is -2.30. The van der Waals surface area contributed by atoms with Gasteiger partial charge in [0.05, 0.1) is 36.8 Å². The quantitative estimate of drug-likeness (QED) is 0.491. The number of hydrogen-bond donors (Lipinski definition) is 3. The van der Waals surface area contributed by atoms with E-state index in [9.17, 15) is 4.79 Å². The second kappa shape index (κ2) is 11.7. The average Bonchev–Trinajstić information content (AvgIpc) is 3.76. The molecule has 0 aromatic carbocycles. The van der Waals surface area contributed by atoms with E-state index in [1.54, 1.807) is 12.4 Å². The Kier molecular flexibility index (Phi) is 7.73. The van der Waals surface area contributed by atoms with Gasteiger partial charge in [-0.05, 0) is 43.2 Å². The number of hydrazone groups is 1. The first-order valence-electron chi connectivity index (χ1n) is 13.8. The molecule has 2 fully saturated rings. The Morgan fingerprint density at radius 1 is 1.31 bits per heavy atom. The number of amides is 1. The summed E-state index contributed by atoms with van der Waals surface area (Å²) in [7, 11) is 1.95. The van der Waals surface area contributed by atoms with Crippen LogP contribution in [0.15, 0.2) is 34.6 Å². The van der Waals surface area contributed by atoms with Crippen LogP contribution in [-0.2, 0) is 34.4 Å². The lowest BCUT2D eigenvalue weighted by atomic mass is 9.96. The van der Waals surface area contributed by atoms with Crippen LogP contribution in [0.4, 0.5) is 10.5 Å². The van der Waals surface area contributed by atoms with Crippen molar-refractivity contribution in [1.29, 1.82) is 0 Å². The fourth-order valence-electron chi connectivity index (χ4n) is 5.83. The Bertz CT molecular complexity index is 1220. The third kappa shape index (κ3) is 6.06. The van der Waals surface area contributed by atoms with Crippen molar-refractivity contribution in [2.75, 3.05) is 25.1 Å². The number of hydrogen-bond acceptors (Lipinski definition) is 10. The minimum absolute atomic E-state index is 0.0843. The van der Waals surface area contributed by atoms with E-state index in [1.807, 2.05) is 23.9 Å². The first-order chi connectivity index (χ1) is 19.1. The number of aryl methyl sites for hydroxylation is 1. The molecular weight excluding hydrogens is 500 g/mol.